The number of hydrogen-bond donors (Lipinski definition) is 1. The number of rotatable bonds is 3. The third-order valence-corrected chi connectivity index (χ3v) is 3.90. The van der Waals surface area contributed by atoms with Crippen LogP contribution in [0.3, 0.4) is 0 Å². The Morgan fingerprint density at radius 2 is 1.60 bits per heavy atom. The molecule has 0 spiro atoms. The number of β-amino-alcohol motifs (C(OH)–C–C–N with tert-alkyl or cyclic N) is 1. The molecular weight excluding hydrogens is 186 g/mol. The fourth-order valence-electron chi connectivity index (χ4n) is 2.88. The van der Waals surface area contributed by atoms with Crippen LogP contribution < -0.4 is 0 Å². The van der Waals surface area contributed by atoms with Crippen LogP contribution in [0.4, 0.5) is 0 Å². The highest BCUT2D eigenvalue weighted by molar-refractivity contribution is 4.97. The van der Waals surface area contributed by atoms with Crippen molar-refractivity contribution in [2.75, 3.05) is 6.54 Å². The van der Waals surface area contributed by atoms with Crippen LogP contribution in [0.15, 0.2) is 0 Å². The largest absolute Gasteiger partial charge is 0.392 e. The van der Waals surface area contributed by atoms with Gasteiger partial charge >= 0.3 is 0 Å². The predicted octanol–water partition coefficient (Wildman–Crippen LogP) is 2.80. The fourth-order valence-corrected chi connectivity index (χ4v) is 2.88. The molecule has 0 amide bonds. The van der Waals surface area contributed by atoms with Gasteiger partial charge in [0.1, 0.15) is 0 Å². The molecule has 1 fully saturated rings. The SMILES string of the molecule is CCC(O)CN1C(C)(C)CCCC1(C)C. The minimum absolute atomic E-state index is 0.179. The van der Waals surface area contributed by atoms with E-state index in [1.165, 1.54) is 19.3 Å². The van der Waals surface area contributed by atoms with Gasteiger partial charge in [0, 0.05) is 17.6 Å². The van der Waals surface area contributed by atoms with E-state index in [0.29, 0.717) is 0 Å². The summed E-state index contributed by atoms with van der Waals surface area (Å²) >= 11 is 0. The van der Waals surface area contributed by atoms with E-state index < -0.39 is 0 Å². The van der Waals surface area contributed by atoms with Gasteiger partial charge in [0.25, 0.3) is 0 Å². The third-order valence-electron chi connectivity index (χ3n) is 3.90. The number of nitrogens with zero attached hydrogens (tertiary/aromatic N) is 1. The molecule has 1 rings (SSSR count). The molecule has 1 unspecified atom stereocenters. The van der Waals surface area contributed by atoms with Gasteiger partial charge in [-0.15, -0.1) is 0 Å². The van der Waals surface area contributed by atoms with E-state index in [4.69, 9.17) is 0 Å². The molecule has 0 saturated carbocycles. The van der Waals surface area contributed by atoms with E-state index >= 15 is 0 Å². The number of aliphatic hydroxyl groups excluding tert-OH is 1. The predicted molar refractivity (Wildman–Crippen MR) is 65.0 cm³/mol. The lowest BCUT2D eigenvalue weighted by atomic mass is 9.79. The highest BCUT2D eigenvalue weighted by Crippen LogP contribution is 2.38. The van der Waals surface area contributed by atoms with Crippen LogP contribution in [-0.4, -0.2) is 33.7 Å². The zero-order valence-corrected chi connectivity index (χ0v) is 11.0. The lowest BCUT2D eigenvalue weighted by molar-refractivity contribution is -0.0544. The molecule has 0 aromatic heterocycles. The lowest BCUT2D eigenvalue weighted by Crippen LogP contribution is -2.60. The molecule has 0 aromatic rings. The van der Waals surface area contributed by atoms with Gasteiger partial charge in [-0.05, 0) is 53.4 Å². The van der Waals surface area contributed by atoms with Crippen molar-refractivity contribution in [3.8, 4) is 0 Å². The van der Waals surface area contributed by atoms with Crippen LogP contribution in [0.5, 0.6) is 0 Å². The van der Waals surface area contributed by atoms with Crippen LogP contribution in [0, 0.1) is 0 Å². The van der Waals surface area contributed by atoms with E-state index in [1.807, 2.05) is 0 Å². The normalized spacial score (nSPS) is 27.6. The highest BCUT2D eigenvalue weighted by Gasteiger charge is 2.41. The first-order valence-electron chi connectivity index (χ1n) is 6.25. The van der Waals surface area contributed by atoms with Crippen molar-refractivity contribution in [3.63, 3.8) is 0 Å². The third kappa shape index (κ3) is 2.94. The summed E-state index contributed by atoms with van der Waals surface area (Å²) in [7, 11) is 0. The first-order chi connectivity index (χ1) is 6.79. The number of aliphatic hydroxyl groups is 1. The Labute approximate surface area is 94.7 Å². The fraction of sp³-hybridized carbons (Fsp3) is 1.00. The van der Waals surface area contributed by atoms with Crippen LogP contribution in [0.1, 0.15) is 60.3 Å². The average molecular weight is 213 g/mol. The molecule has 15 heavy (non-hydrogen) atoms. The zero-order valence-electron chi connectivity index (χ0n) is 11.0. The van der Waals surface area contributed by atoms with Crippen molar-refractivity contribution in [1.29, 1.82) is 0 Å². The van der Waals surface area contributed by atoms with Gasteiger partial charge in [0.15, 0.2) is 0 Å². The number of hydrogen-bond acceptors (Lipinski definition) is 2. The second-order valence-corrected chi connectivity index (χ2v) is 6.15. The molecular formula is C13H27NO. The standard InChI is InChI=1S/C13H27NO/c1-6-11(15)10-14-12(2,3)8-7-9-13(14,4)5/h11,15H,6-10H2,1-5H3. The Morgan fingerprint density at radius 1 is 1.13 bits per heavy atom. The van der Waals surface area contributed by atoms with Crippen molar-refractivity contribution in [3.05, 3.63) is 0 Å². The summed E-state index contributed by atoms with van der Waals surface area (Å²) in [6, 6.07) is 0. The summed E-state index contributed by atoms with van der Waals surface area (Å²) in [5.41, 5.74) is 0.468. The van der Waals surface area contributed by atoms with E-state index in [2.05, 4.69) is 39.5 Å². The maximum atomic E-state index is 9.83. The second kappa shape index (κ2) is 4.42. The molecule has 1 aliphatic heterocycles. The number of piperidine rings is 1. The first-order valence-corrected chi connectivity index (χ1v) is 6.25. The smallest absolute Gasteiger partial charge is 0.0664 e. The van der Waals surface area contributed by atoms with Crippen LogP contribution in [-0.2, 0) is 0 Å². The maximum Gasteiger partial charge on any atom is 0.0664 e. The lowest BCUT2D eigenvalue weighted by Gasteiger charge is -2.53. The minimum Gasteiger partial charge on any atom is -0.392 e. The van der Waals surface area contributed by atoms with Crippen LogP contribution in [0.25, 0.3) is 0 Å². The second-order valence-electron chi connectivity index (χ2n) is 6.15. The monoisotopic (exact) mass is 213 g/mol. The summed E-state index contributed by atoms with van der Waals surface area (Å²) in [5.74, 6) is 0. The van der Waals surface area contributed by atoms with Crippen molar-refractivity contribution < 1.29 is 5.11 Å². The van der Waals surface area contributed by atoms with Crippen molar-refractivity contribution in [1.82, 2.24) is 4.90 Å². The molecule has 1 heterocycles. The Balaban J connectivity index is 2.77. The first kappa shape index (κ1) is 13.0. The van der Waals surface area contributed by atoms with E-state index in [-0.39, 0.29) is 17.2 Å². The molecule has 0 radical (unpaired) electrons. The molecule has 0 aromatic carbocycles. The topological polar surface area (TPSA) is 23.5 Å². The quantitative estimate of drug-likeness (QED) is 0.779. The molecule has 1 N–H and O–H groups in total. The Morgan fingerprint density at radius 3 is 2.00 bits per heavy atom. The molecule has 90 valence electrons. The Hall–Kier alpha value is -0.0800. The van der Waals surface area contributed by atoms with Gasteiger partial charge in [-0.3, -0.25) is 4.90 Å². The summed E-state index contributed by atoms with van der Waals surface area (Å²) in [5, 5.41) is 9.83. The minimum atomic E-state index is -0.179. The Bertz CT molecular complexity index is 195. The van der Waals surface area contributed by atoms with Gasteiger partial charge in [0.05, 0.1) is 6.10 Å². The molecule has 1 atom stereocenters. The van der Waals surface area contributed by atoms with E-state index in [0.717, 1.165) is 13.0 Å². The van der Waals surface area contributed by atoms with Crippen molar-refractivity contribution in [2.24, 2.45) is 0 Å². The van der Waals surface area contributed by atoms with Gasteiger partial charge < -0.3 is 5.11 Å². The molecule has 1 aliphatic rings. The highest BCUT2D eigenvalue weighted by atomic mass is 16.3. The van der Waals surface area contributed by atoms with E-state index in [9.17, 15) is 5.11 Å². The van der Waals surface area contributed by atoms with Gasteiger partial charge in [-0.1, -0.05) is 6.92 Å². The van der Waals surface area contributed by atoms with E-state index in [1.54, 1.807) is 0 Å². The molecule has 0 bridgehead atoms. The zero-order chi connectivity index (χ0) is 11.7. The van der Waals surface area contributed by atoms with Gasteiger partial charge in [0.2, 0.25) is 0 Å². The van der Waals surface area contributed by atoms with Crippen molar-refractivity contribution in [2.45, 2.75) is 77.5 Å². The Kier molecular flexibility index (Phi) is 3.83. The molecule has 1 saturated heterocycles. The molecule has 2 nitrogen and oxygen atoms in total. The van der Waals surface area contributed by atoms with Gasteiger partial charge in [-0.25, -0.2) is 0 Å². The summed E-state index contributed by atoms with van der Waals surface area (Å²) in [4.78, 5) is 2.50. The van der Waals surface area contributed by atoms with Crippen molar-refractivity contribution >= 4 is 0 Å². The summed E-state index contributed by atoms with van der Waals surface area (Å²) in [6.07, 6.45) is 4.46. The average Bonchev–Trinajstić information content (AvgIpc) is 2.10. The van der Waals surface area contributed by atoms with Crippen LogP contribution in [0.2, 0.25) is 0 Å². The number of likely N-dealkylation sites (tertiary alicyclic amines) is 1. The summed E-state index contributed by atoms with van der Waals surface area (Å²) in [6.45, 7) is 12.1. The van der Waals surface area contributed by atoms with Crippen LogP contribution >= 0.6 is 0 Å². The summed E-state index contributed by atoms with van der Waals surface area (Å²) < 4.78 is 0. The van der Waals surface area contributed by atoms with Gasteiger partial charge in [-0.2, -0.15) is 0 Å². The maximum absolute atomic E-state index is 9.83. The molecule has 2 heteroatoms. The molecule has 0 aliphatic carbocycles.